The molecule has 0 aromatic carbocycles. The Morgan fingerprint density at radius 2 is 2.12 bits per heavy atom. The number of alkyl halides is 3. The van der Waals surface area contributed by atoms with E-state index < -0.39 is 12.7 Å². The van der Waals surface area contributed by atoms with E-state index in [9.17, 15) is 13.2 Å². The largest absolute Gasteiger partial charge is 0.401 e. The first-order valence-corrected chi connectivity index (χ1v) is 6.26. The molecule has 0 bridgehead atoms. The third-order valence-corrected chi connectivity index (χ3v) is 3.27. The van der Waals surface area contributed by atoms with Crippen LogP contribution in [0.5, 0.6) is 0 Å². The van der Waals surface area contributed by atoms with E-state index in [1.165, 1.54) is 11.3 Å². The minimum Gasteiger partial charge on any atom is -0.307 e. The molecule has 1 heterocycles. The summed E-state index contributed by atoms with van der Waals surface area (Å²) >= 11 is 7.27. The summed E-state index contributed by atoms with van der Waals surface area (Å²) in [6.45, 7) is 0.636. The molecule has 17 heavy (non-hydrogen) atoms. The minimum absolute atomic E-state index is 0.315. The second-order valence-electron chi connectivity index (χ2n) is 3.74. The average molecular weight is 287 g/mol. The van der Waals surface area contributed by atoms with Crippen LogP contribution in [0.1, 0.15) is 4.88 Å². The molecule has 98 valence electrons. The Morgan fingerprint density at radius 3 is 2.65 bits per heavy atom. The van der Waals surface area contributed by atoms with Gasteiger partial charge in [0.25, 0.3) is 0 Å². The van der Waals surface area contributed by atoms with Crippen LogP contribution in [-0.4, -0.2) is 37.8 Å². The summed E-state index contributed by atoms with van der Waals surface area (Å²) in [5, 5.41) is 2.36. The number of nitrogens with one attached hydrogen (secondary N) is 1. The zero-order valence-corrected chi connectivity index (χ0v) is 10.9. The van der Waals surface area contributed by atoms with Gasteiger partial charge in [-0.3, -0.25) is 0 Å². The van der Waals surface area contributed by atoms with Gasteiger partial charge in [0.15, 0.2) is 0 Å². The van der Waals surface area contributed by atoms with Crippen molar-refractivity contribution in [3.8, 4) is 0 Å². The highest BCUT2D eigenvalue weighted by Crippen LogP contribution is 2.22. The van der Waals surface area contributed by atoms with Gasteiger partial charge in [0.2, 0.25) is 0 Å². The number of halogens is 4. The molecule has 7 heteroatoms. The minimum atomic E-state index is -4.14. The molecule has 0 saturated carbocycles. The van der Waals surface area contributed by atoms with Gasteiger partial charge in [-0.2, -0.15) is 13.2 Å². The Hall–Kier alpha value is -0.300. The smallest absolute Gasteiger partial charge is 0.307 e. The second kappa shape index (κ2) is 6.58. The standard InChI is InChI=1S/C10H14ClF3N2S/c1-16(5-4-15-7-10(12,13)14)6-8-2-3-9(11)17-8/h2-3,15H,4-7H2,1H3. The van der Waals surface area contributed by atoms with Crippen LogP contribution in [0.25, 0.3) is 0 Å². The predicted octanol–water partition coefficient (Wildman–Crippen LogP) is 2.99. The predicted molar refractivity (Wildman–Crippen MR) is 64.6 cm³/mol. The maximum Gasteiger partial charge on any atom is 0.401 e. The molecule has 1 N–H and O–H groups in total. The van der Waals surface area contributed by atoms with Crippen molar-refractivity contribution >= 4 is 22.9 Å². The second-order valence-corrected chi connectivity index (χ2v) is 5.54. The molecule has 1 rings (SSSR count). The first kappa shape index (κ1) is 14.8. The fraction of sp³-hybridized carbons (Fsp3) is 0.600. The molecule has 0 atom stereocenters. The van der Waals surface area contributed by atoms with Gasteiger partial charge in [-0.05, 0) is 19.2 Å². The third-order valence-electron chi connectivity index (χ3n) is 2.05. The fourth-order valence-electron chi connectivity index (χ4n) is 1.28. The van der Waals surface area contributed by atoms with Gasteiger partial charge in [0, 0.05) is 24.5 Å². The quantitative estimate of drug-likeness (QED) is 0.809. The molecule has 0 spiro atoms. The van der Waals surface area contributed by atoms with E-state index >= 15 is 0 Å². The summed E-state index contributed by atoms with van der Waals surface area (Å²) in [6.07, 6.45) is -4.14. The molecule has 0 aliphatic heterocycles. The van der Waals surface area contributed by atoms with Crippen LogP contribution in [0.2, 0.25) is 4.34 Å². The molecule has 0 aliphatic carbocycles. The zero-order chi connectivity index (χ0) is 12.9. The lowest BCUT2D eigenvalue weighted by Gasteiger charge is -2.16. The van der Waals surface area contributed by atoms with Crippen molar-refractivity contribution in [2.75, 3.05) is 26.7 Å². The topological polar surface area (TPSA) is 15.3 Å². The van der Waals surface area contributed by atoms with Crippen molar-refractivity contribution in [2.45, 2.75) is 12.7 Å². The van der Waals surface area contributed by atoms with Crippen LogP contribution < -0.4 is 5.32 Å². The Labute approximate surface area is 107 Å². The van der Waals surface area contributed by atoms with Crippen molar-refractivity contribution in [1.82, 2.24) is 10.2 Å². The van der Waals surface area contributed by atoms with Crippen LogP contribution in [0.4, 0.5) is 13.2 Å². The lowest BCUT2D eigenvalue weighted by Crippen LogP contribution is -2.34. The van der Waals surface area contributed by atoms with Crippen molar-refractivity contribution < 1.29 is 13.2 Å². The van der Waals surface area contributed by atoms with Gasteiger partial charge in [0.1, 0.15) is 0 Å². The number of rotatable bonds is 6. The molecule has 0 unspecified atom stereocenters. The van der Waals surface area contributed by atoms with Crippen molar-refractivity contribution in [3.05, 3.63) is 21.3 Å². The number of thiophene rings is 1. The Morgan fingerprint density at radius 1 is 1.41 bits per heavy atom. The molecule has 0 fully saturated rings. The first-order chi connectivity index (χ1) is 7.87. The molecule has 0 saturated heterocycles. The summed E-state index contributed by atoms with van der Waals surface area (Å²) in [6, 6.07) is 3.74. The molecule has 0 aliphatic rings. The Bertz CT molecular complexity index is 341. The molecular formula is C10H14ClF3N2S. The van der Waals surface area contributed by atoms with E-state index in [0.29, 0.717) is 19.6 Å². The zero-order valence-electron chi connectivity index (χ0n) is 9.35. The van der Waals surface area contributed by atoms with Gasteiger partial charge < -0.3 is 10.2 Å². The molecule has 1 aromatic heterocycles. The summed E-state index contributed by atoms with van der Waals surface area (Å²) in [5.74, 6) is 0. The van der Waals surface area contributed by atoms with Gasteiger partial charge in [-0.25, -0.2) is 0 Å². The Balaban J connectivity index is 2.15. The average Bonchev–Trinajstić information content (AvgIpc) is 2.57. The summed E-state index contributed by atoms with van der Waals surface area (Å²) < 4.78 is 36.2. The maximum atomic E-state index is 11.8. The van der Waals surface area contributed by atoms with Gasteiger partial charge in [0.05, 0.1) is 10.9 Å². The van der Waals surface area contributed by atoms with Crippen molar-refractivity contribution in [1.29, 1.82) is 0 Å². The van der Waals surface area contributed by atoms with Crippen LogP contribution in [0, 0.1) is 0 Å². The fourth-order valence-corrected chi connectivity index (χ4v) is 2.45. The molecule has 0 radical (unpaired) electrons. The number of nitrogens with zero attached hydrogens (tertiary/aromatic N) is 1. The molecule has 2 nitrogen and oxygen atoms in total. The highest BCUT2D eigenvalue weighted by atomic mass is 35.5. The van der Waals surface area contributed by atoms with E-state index in [0.717, 1.165) is 9.21 Å². The van der Waals surface area contributed by atoms with Crippen LogP contribution in [-0.2, 0) is 6.54 Å². The number of likely N-dealkylation sites (N-methyl/N-ethyl adjacent to an activating group) is 1. The highest BCUT2D eigenvalue weighted by molar-refractivity contribution is 7.16. The van der Waals surface area contributed by atoms with Gasteiger partial charge in [-0.1, -0.05) is 11.6 Å². The number of hydrogen-bond donors (Lipinski definition) is 1. The van der Waals surface area contributed by atoms with Gasteiger partial charge in [-0.15, -0.1) is 11.3 Å². The van der Waals surface area contributed by atoms with Crippen molar-refractivity contribution in [2.24, 2.45) is 0 Å². The Kier molecular flexibility index (Phi) is 5.72. The van der Waals surface area contributed by atoms with E-state index in [1.807, 2.05) is 24.1 Å². The third kappa shape index (κ3) is 6.88. The molecule has 0 amide bonds. The van der Waals surface area contributed by atoms with Crippen LogP contribution >= 0.6 is 22.9 Å². The maximum absolute atomic E-state index is 11.8. The van der Waals surface area contributed by atoms with Crippen LogP contribution in [0.15, 0.2) is 12.1 Å². The van der Waals surface area contributed by atoms with E-state index in [1.54, 1.807) is 0 Å². The lowest BCUT2D eigenvalue weighted by atomic mass is 10.4. The summed E-state index contributed by atoms with van der Waals surface area (Å²) in [7, 11) is 1.86. The SMILES string of the molecule is CN(CCNCC(F)(F)F)Cc1ccc(Cl)s1. The molecular weight excluding hydrogens is 273 g/mol. The summed E-state index contributed by atoms with van der Waals surface area (Å²) in [4.78, 5) is 3.05. The molecule has 1 aromatic rings. The van der Waals surface area contributed by atoms with E-state index in [-0.39, 0.29) is 0 Å². The monoisotopic (exact) mass is 286 g/mol. The first-order valence-electron chi connectivity index (χ1n) is 5.07. The van der Waals surface area contributed by atoms with E-state index in [2.05, 4.69) is 5.32 Å². The van der Waals surface area contributed by atoms with Crippen LogP contribution in [0.3, 0.4) is 0 Å². The van der Waals surface area contributed by atoms with Crippen molar-refractivity contribution in [3.63, 3.8) is 0 Å². The summed E-state index contributed by atoms with van der Waals surface area (Å²) in [5.41, 5.74) is 0. The van der Waals surface area contributed by atoms with Gasteiger partial charge >= 0.3 is 6.18 Å². The normalized spacial score (nSPS) is 12.4. The number of hydrogen-bond acceptors (Lipinski definition) is 3. The highest BCUT2D eigenvalue weighted by Gasteiger charge is 2.25. The van der Waals surface area contributed by atoms with E-state index in [4.69, 9.17) is 11.6 Å². The lowest BCUT2D eigenvalue weighted by molar-refractivity contribution is -0.124.